The molecule has 0 bridgehead atoms. The fourth-order valence-corrected chi connectivity index (χ4v) is 2.73. The van der Waals surface area contributed by atoms with Gasteiger partial charge in [-0.3, -0.25) is 4.79 Å². The highest BCUT2D eigenvalue weighted by Gasteiger charge is 2.47. The number of ether oxygens (including phenoxy) is 1. The van der Waals surface area contributed by atoms with E-state index < -0.39 is 5.54 Å². The van der Waals surface area contributed by atoms with E-state index in [1.165, 1.54) is 0 Å². The molecule has 0 saturated carbocycles. The van der Waals surface area contributed by atoms with Crippen LogP contribution in [0, 0.1) is 12.3 Å². The molecule has 0 aromatic heterocycles. The Kier molecular flexibility index (Phi) is 5.21. The van der Waals surface area contributed by atoms with Crippen molar-refractivity contribution in [1.82, 2.24) is 4.90 Å². The number of carbonyl (C=O) groups is 2. The van der Waals surface area contributed by atoms with Gasteiger partial charge < -0.3 is 9.64 Å². The molecule has 1 saturated heterocycles. The zero-order valence-corrected chi connectivity index (χ0v) is 12.9. The first-order chi connectivity index (χ1) is 10.6. The van der Waals surface area contributed by atoms with Crippen molar-refractivity contribution in [3.63, 3.8) is 0 Å². The molecule has 1 aromatic rings. The van der Waals surface area contributed by atoms with Gasteiger partial charge in [-0.05, 0) is 38.3 Å². The second-order valence-corrected chi connectivity index (χ2v) is 5.64. The van der Waals surface area contributed by atoms with E-state index >= 15 is 0 Å². The summed E-state index contributed by atoms with van der Waals surface area (Å²) in [5.74, 6) is 2.05. The number of nitrogens with zero attached hydrogens (tertiary/aromatic N) is 1. The van der Waals surface area contributed by atoms with Crippen LogP contribution in [0.4, 0.5) is 0 Å². The third kappa shape index (κ3) is 3.30. The predicted octanol–water partition coefficient (Wildman–Crippen LogP) is 2.64. The molecule has 1 aromatic carbocycles. The summed E-state index contributed by atoms with van der Waals surface area (Å²) in [5.41, 5.74) is -0.293. The van der Waals surface area contributed by atoms with Gasteiger partial charge in [0.05, 0.1) is 6.61 Å². The van der Waals surface area contributed by atoms with Crippen LogP contribution in [0.25, 0.3) is 0 Å². The molecule has 0 aliphatic carbocycles. The Balaban J connectivity index is 2.07. The standard InChI is InChI=1S/C18H21NO3/c1-3-4-8-14-22-17(21)18(2)12-9-13-19(18)16(20)15-10-6-5-7-11-15/h1,5-7,10-11H,4,8-9,12-14H2,2H3/t18-/m0/s1. The maximum absolute atomic E-state index is 12.6. The summed E-state index contributed by atoms with van der Waals surface area (Å²) in [6.45, 7) is 2.65. The van der Waals surface area contributed by atoms with E-state index in [-0.39, 0.29) is 11.9 Å². The van der Waals surface area contributed by atoms with Gasteiger partial charge in [0, 0.05) is 18.5 Å². The highest BCUT2D eigenvalue weighted by molar-refractivity contribution is 5.98. The molecule has 0 N–H and O–H groups in total. The van der Waals surface area contributed by atoms with Crippen molar-refractivity contribution >= 4 is 11.9 Å². The van der Waals surface area contributed by atoms with Gasteiger partial charge in [-0.2, -0.15) is 0 Å². The van der Waals surface area contributed by atoms with Gasteiger partial charge in [-0.15, -0.1) is 12.3 Å². The Hall–Kier alpha value is -2.28. The third-order valence-corrected chi connectivity index (χ3v) is 4.05. The minimum atomic E-state index is -0.886. The van der Waals surface area contributed by atoms with Gasteiger partial charge in [0.1, 0.15) is 5.54 Å². The second-order valence-electron chi connectivity index (χ2n) is 5.64. The van der Waals surface area contributed by atoms with Gasteiger partial charge >= 0.3 is 5.97 Å². The Morgan fingerprint density at radius 1 is 1.36 bits per heavy atom. The number of hydrogen-bond acceptors (Lipinski definition) is 3. The normalized spacial score (nSPS) is 20.5. The minimum absolute atomic E-state index is 0.124. The lowest BCUT2D eigenvalue weighted by molar-refractivity contribution is -0.154. The Bertz CT molecular complexity index is 576. The summed E-state index contributed by atoms with van der Waals surface area (Å²) in [6, 6.07) is 9.02. The fourth-order valence-electron chi connectivity index (χ4n) is 2.73. The number of benzene rings is 1. The van der Waals surface area contributed by atoms with E-state index in [4.69, 9.17) is 11.2 Å². The number of amides is 1. The number of esters is 1. The molecule has 1 amide bonds. The molecule has 1 atom stereocenters. The van der Waals surface area contributed by atoms with E-state index in [1.807, 2.05) is 18.2 Å². The lowest BCUT2D eigenvalue weighted by atomic mass is 9.98. The van der Waals surface area contributed by atoms with E-state index in [9.17, 15) is 9.59 Å². The van der Waals surface area contributed by atoms with Crippen LogP contribution in [0.5, 0.6) is 0 Å². The summed E-state index contributed by atoms with van der Waals surface area (Å²) >= 11 is 0. The van der Waals surface area contributed by atoms with Gasteiger partial charge in [0.25, 0.3) is 5.91 Å². The van der Waals surface area contributed by atoms with Crippen molar-refractivity contribution < 1.29 is 14.3 Å². The average molecular weight is 299 g/mol. The average Bonchev–Trinajstić information content (AvgIpc) is 2.94. The van der Waals surface area contributed by atoms with Crippen molar-refractivity contribution in [3.05, 3.63) is 35.9 Å². The van der Waals surface area contributed by atoms with Gasteiger partial charge in [0.15, 0.2) is 0 Å². The molecule has 2 rings (SSSR count). The summed E-state index contributed by atoms with van der Waals surface area (Å²) in [7, 11) is 0. The molecule has 22 heavy (non-hydrogen) atoms. The molecular weight excluding hydrogens is 278 g/mol. The number of terminal acetylenes is 1. The Morgan fingerprint density at radius 3 is 2.77 bits per heavy atom. The molecule has 0 spiro atoms. The maximum Gasteiger partial charge on any atom is 0.331 e. The first-order valence-electron chi connectivity index (χ1n) is 7.57. The largest absolute Gasteiger partial charge is 0.464 e. The smallest absolute Gasteiger partial charge is 0.331 e. The zero-order valence-electron chi connectivity index (χ0n) is 12.9. The molecule has 4 nitrogen and oxygen atoms in total. The summed E-state index contributed by atoms with van der Waals surface area (Å²) in [4.78, 5) is 26.7. The monoisotopic (exact) mass is 299 g/mol. The van der Waals surface area contributed by atoms with Crippen molar-refractivity contribution in [2.45, 2.75) is 38.1 Å². The molecule has 1 aliphatic heterocycles. The first-order valence-corrected chi connectivity index (χ1v) is 7.57. The number of rotatable bonds is 5. The number of carbonyl (C=O) groups excluding carboxylic acids is 2. The predicted molar refractivity (Wildman–Crippen MR) is 84.1 cm³/mol. The quantitative estimate of drug-likeness (QED) is 0.477. The van der Waals surface area contributed by atoms with Gasteiger partial charge in [-0.1, -0.05) is 18.2 Å². The molecule has 0 unspecified atom stereocenters. The van der Waals surface area contributed by atoms with Crippen LogP contribution >= 0.6 is 0 Å². The van der Waals surface area contributed by atoms with Crippen LogP contribution in [0.15, 0.2) is 30.3 Å². The molecular formula is C18H21NO3. The summed E-state index contributed by atoms with van der Waals surface area (Å²) in [6.07, 6.45) is 7.82. The highest BCUT2D eigenvalue weighted by Crippen LogP contribution is 2.31. The molecule has 1 aliphatic rings. The molecule has 4 heteroatoms. The van der Waals surface area contributed by atoms with Crippen molar-refractivity contribution in [2.24, 2.45) is 0 Å². The van der Waals surface area contributed by atoms with Crippen molar-refractivity contribution in [3.8, 4) is 12.3 Å². The number of likely N-dealkylation sites (tertiary alicyclic amines) is 1. The third-order valence-electron chi connectivity index (χ3n) is 4.05. The number of hydrogen-bond donors (Lipinski definition) is 0. The van der Waals surface area contributed by atoms with E-state index in [1.54, 1.807) is 24.0 Å². The highest BCUT2D eigenvalue weighted by atomic mass is 16.5. The van der Waals surface area contributed by atoms with Crippen LogP contribution < -0.4 is 0 Å². The van der Waals surface area contributed by atoms with Crippen LogP contribution in [0.1, 0.15) is 43.0 Å². The topological polar surface area (TPSA) is 46.6 Å². The zero-order chi connectivity index (χ0) is 16.0. The fraction of sp³-hybridized carbons (Fsp3) is 0.444. The van der Waals surface area contributed by atoms with E-state index in [0.29, 0.717) is 38.0 Å². The first kappa shape index (κ1) is 16.1. The lowest BCUT2D eigenvalue weighted by Crippen LogP contribution is -2.51. The Morgan fingerprint density at radius 2 is 2.09 bits per heavy atom. The number of unbranched alkanes of at least 4 members (excludes halogenated alkanes) is 1. The van der Waals surface area contributed by atoms with Crippen LogP contribution in [0.3, 0.4) is 0 Å². The van der Waals surface area contributed by atoms with Crippen molar-refractivity contribution in [2.75, 3.05) is 13.2 Å². The van der Waals surface area contributed by atoms with Crippen molar-refractivity contribution in [1.29, 1.82) is 0 Å². The van der Waals surface area contributed by atoms with Crippen LogP contribution in [-0.2, 0) is 9.53 Å². The van der Waals surface area contributed by atoms with Crippen LogP contribution in [-0.4, -0.2) is 35.5 Å². The summed E-state index contributed by atoms with van der Waals surface area (Å²) < 4.78 is 5.32. The van der Waals surface area contributed by atoms with E-state index in [2.05, 4.69) is 5.92 Å². The molecule has 1 heterocycles. The molecule has 116 valence electrons. The van der Waals surface area contributed by atoms with Gasteiger partial charge in [-0.25, -0.2) is 4.79 Å². The Labute approximate surface area is 131 Å². The SMILES string of the molecule is C#CCCCOC(=O)[C@]1(C)CCCN1C(=O)c1ccccc1. The van der Waals surface area contributed by atoms with Gasteiger partial charge in [0.2, 0.25) is 0 Å². The lowest BCUT2D eigenvalue weighted by Gasteiger charge is -2.33. The minimum Gasteiger partial charge on any atom is -0.464 e. The molecule has 1 fully saturated rings. The van der Waals surface area contributed by atoms with E-state index in [0.717, 1.165) is 6.42 Å². The maximum atomic E-state index is 12.6. The second kappa shape index (κ2) is 7.13. The summed E-state index contributed by atoms with van der Waals surface area (Å²) in [5, 5.41) is 0. The van der Waals surface area contributed by atoms with Crippen LogP contribution in [0.2, 0.25) is 0 Å². The molecule has 0 radical (unpaired) electrons.